The van der Waals surface area contributed by atoms with Gasteiger partial charge in [0, 0.05) is 39.3 Å². The van der Waals surface area contributed by atoms with Gasteiger partial charge in [0.05, 0.1) is 29.8 Å². The van der Waals surface area contributed by atoms with Gasteiger partial charge >= 0.3 is 0 Å². The molecule has 29 heavy (non-hydrogen) atoms. The van der Waals surface area contributed by atoms with Gasteiger partial charge in [-0.3, -0.25) is 14.7 Å². The molecule has 0 spiro atoms. The first-order valence-electron chi connectivity index (χ1n) is 10.7. The number of nitrogens with zero attached hydrogens (tertiary/aromatic N) is 4. The fourth-order valence-corrected chi connectivity index (χ4v) is 4.53. The van der Waals surface area contributed by atoms with E-state index in [1.54, 1.807) is 7.11 Å². The molecule has 0 radical (unpaired) electrons. The SMILES string of the molecule is COCCNC(=O)[C@@H]1CCCN(C2CCN(c3cnc4ccccc4n3)CC2)C1. The third-order valence-electron chi connectivity index (χ3n) is 6.17. The molecular weight excluding hydrogens is 366 g/mol. The largest absolute Gasteiger partial charge is 0.383 e. The van der Waals surface area contributed by atoms with Crippen LogP contribution in [0.1, 0.15) is 25.7 Å². The van der Waals surface area contributed by atoms with E-state index in [0.29, 0.717) is 19.2 Å². The summed E-state index contributed by atoms with van der Waals surface area (Å²) in [4.78, 5) is 26.7. The van der Waals surface area contributed by atoms with Gasteiger partial charge in [-0.15, -0.1) is 0 Å². The maximum absolute atomic E-state index is 12.4. The zero-order valence-corrected chi connectivity index (χ0v) is 17.2. The van der Waals surface area contributed by atoms with Crippen LogP contribution >= 0.6 is 0 Å². The van der Waals surface area contributed by atoms with Crippen molar-refractivity contribution in [3.05, 3.63) is 30.5 Å². The number of aromatic nitrogens is 2. The molecule has 7 heteroatoms. The Kier molecular flexibility index (Phi) is 6.56. The Labute approximate surface area is 172 Å². The average Bonchev–Trinajstić information content (AvgIpc) is 2.79. The van der Waals surface area contributed by atoms with Gasteiger partial charge in [-0.2, -0.15) is 0 Å². The van der Waals surface area contributed by atoms with E-state index in [2.05, 4.69) is 20.1 Å². The number of amides is 1. The highest BCUT2D eigenvalue weighted by Crippen LogP contribution is 2.26. The van der Waals surface area contributed by atoms with Gasteiger partial charge < -0.3 is 15.0 Å². The second-order valence-corrected chi connectivity index (χ2v) is 8.05. The molecule has 1 N–H and O–H groups in total. The van der Waals surface area contributed by atoms with Gasteiger partial charge in [0.1, 0.15) is 5.82 Å². The van der Waals surface area contributed by atoms with E-state index in [4.69, 9.17) is 9.72 Å². The molecule has 7 nitrogen and oxygen atoms in total. The summed E-state index contributed by atoms with van der Waals surface area (Å²) in [5.74, 6) is 1.25. The smallest absolute Gasteiger partial charge is 0.224 e. The van der Waals surface area contributed by atoms with Crippen LogP contribution in [-0.4, -0.2) is 73.3 Å². The number of fused-ring (bicyclic) bond motifs is 1. The van der Waals surface area contributed by atoms with Gasteiger partial charge in [0.15, 0.2) is 0 Å². The lowest BCUT2D eigenvalue weighted by atomic mass is 9.93. The van der Waals surface area contributed by atoms with Crippen LogP contribution in [0.5, 0.6) is 0 Å². The van der Waals surface area contributed by atoms with Crippen molar-refractivity contribution in [2.24, 2.45) is 5.92 Å². The lowest BCUT2D eigenvalue weighted by molar-refractivity contribution is -0.127. The van der Waals surface area contributed by atoms with Gasteiger partial charge in [-0.05, 0) is 44.4 Å². The summed E-state index contributed by atoms with van der Waals surface area (Å²) >= 11 is 0. The maximum atomic E-state index is 12.4. The van der Waals surface area contributed by atoms with Crippen molar-refractivity contribution in [2.75, 3.05) is 51.3 Å². The van der Waals surface area contributed by atoms with Crippen LogP contribution in [0.3, 0.4) is 0 Å². The van der Waals surface area contributed by atoms with Crippen molar-refractivity contribution >= 4 is 22.8 Å². The topological polar surface area (TPSA) is 70.6 Å². The number of benzene rings is 1. The number of para-hydroxylation sites is 2. The molecule has 4 rings (SSSR count). The van der Waals surface area contributed by atoms with Gasteiger partial charge in [0.25, 0.3) is 0 Å². The van der Waals surface area contributed by atoms with Crippen LogP contribution in [0, 0.1) is 5.92 Å². The second kappa shape index (κ2) is 9.50. The summed E-state index contributed by atoms with van der Waals surface area (Å²) in [5.41, 5.74) is 1.89. The lowest BCUT2D eigenvalue weighted by Crippen LogP contribution is -2.51. The Morgan fingerprint density at radius 3 is 2.76 bits per heavy atom. The first kappa shape index (κ1) is 20.0. The Balaban J connectivity index is 1.31. The Morgan fingerprint density at radius 2 is 1.97 bits per heavy atom. The Hall–Kier alpha value is -2.25. The highest BCUT2D eigenvalue weighted by Gasteiger charge is 2.31. The summed E-state index contributed by atoms with van der Waals surface area (Å²) in [5, 5.41) is 3.01. The van der Waals surface area contributed by atoms with E-state index in [1.165, 1.54) is 0 Å². The zero-order valence-electron chi connectivity index (χ0n) is 17.2. The molecule has 156 valence electrons. The molecule has 3 heterocycles. The van der Waals surface area contributed by atoms with Crippen molar-refractivity contribution in [1.82, 2.24) is 20.2 Å². The molecule has 0 bridgehead atoms. The minimum Gasteiger partial charge on any atom is -0.383 e. The zero-order chi connectivity index (χ0) is 20.1. The van der Waals surface area contributed by atoms with Crippen LogP contribution in [0.25, 0.3) is 11.0 Å². The molecule has 2 aliphatic rings. The summed E-state index contributed by atoms with van der Waals surface area (Å²) < 4.78 is 5.03. The fraction of sp³-hybridized carbons (Fsp3) is 0.591. The molecule has 1 aromatic heterocycles. The predicted octanol–water partition coefficient (Wildman–Crippen LogP) is 2.07. The molecule has 1 aromatic carbocycles. The first-order valence-corrected chi connectivity index (χ1v) is 10.7. The molecule has 1 amide bonds. The first-order chi connectivity index (χ1) is 14.2. The van der Waals surface area contributed by atoms with Crippen molar-refractivity contribution in [3.63, 3.8) is 0 Å². The summed E-state index contributed by atoms with van der Waals surface area (Å²) in [6.07, 6.45) is 6.18. The quantitative estimate of drug-likeness (QED) is 0.753. The number of methoxy groups -OCH3 is 1. The monoisotopic (exact) mass is 397 g/mol. The van der Waals surface area contributed by atoms with E-state index in [1.807, 2.05) is 30.5 Å². The van der Waals surface area contributed by atoms with E-state index in [9.17, 15) is 4.79 Å². The third-order valence-corrected chi connectivity index (χ3v) is 6.17. The molecular formula is C22H31N5O2. The van der Waals surface area contributed by atoms with E-state index in [0.717, 1.165) is 68.7 Å². The number of hydrogen-bond donors (Lipinski definition) is 1. The van der Waals surface area contributed by atoms with Crippen LogP contribution in [0.2, 0.25) is 0 Å². The van der Waals surface area contributed by atoms with Crippen LogP contribution in [-0.2, 0) is 9.53 Å². The van der Waals surface area contributed by atoms with Crippen molar-refractivity contribution in [3.8, 4) is 0 Å². The summed E-state index contributed by atoms with van der Waals surface area (Å²) in [6.45, 7) is 5.11. The minimum absolute atomic E-state index is 0.102. The number of piperidine rings is 2. The number of carbonyl (C=O) groups excluding carboxylic acids is 1. The highest BCUT2D eigenvalue weighted by molar-refractivity contribution is 5.79. The number of carbonyl (C=O) groups is 1. The van der Waals surface area contributed by atoms with Crippen molar-refractivity contribution in [1.29, 1.82) is 0 Å². The molecule has 0 unspecified atom stereocenters. The van der Waals surface area contributed by atoms with Gasteiger partial charge in [-0.25, -0.2) is 4.98 Å². The molecule has 0 aliphatic carbocycles. The highest BCUT2D eigenvalue weighted by atomic mass is 16.5. The third kappa shape index (κ3) is 4.85. The van der Waals surface area contributed by atoms with E-state index < -0.39 is 0 Å². The molecule has 2 fully saturated rings. The number of rotatable bonds is 6. The van der Waals surface area contributed by atoms with E-state index in [-0.39, 0.29) is 11.8 Å². The summed E-state index contributed by atoms with van der Waals surface area (Å²) in [7, 11) is 1.66. The van der Waals surface area contributed by atoms with Crippen molar-refractivity contribution in [2.45, 2.75) is 31.7 Å². The van der Waals surface area contributed by atoms with Gasteiger partial charge in [0.2, 0.25) is 5.91 Å². The van der Waals surface area contributed by atoms with Gasteiger partial charge in [-0.1, -0.05) is 12.1 Å². The maximum Gasteiger partial charge on any atom is 0.224 e. The minimum atomic E-state index is 0.102. The number of hydrogen-bond acceptors (Lipinski definition) is 6. The molecule has 0 saturated carbocycles. The number of nitrogens with one attached hydrogen (secondary N) is 1. The molecule has 2 saturated heterocycles. The predicted molar refractivity (Wildman–Crippen MR) is 114 cm³/mol. The van der Waals surface area contributed by atoms with Crippen LogP contribution < -0.4 is 10.2 Å². The fourth-order valence-electron chi connectivity index (χ4n) is 4.53. The Morgan fingerprint density at radius 1 is 1.17 bits per heavy atom. The molecule has 2 aliphatic heterocycles. The number of anilines is 1. The molecule has 1 atom stereocenters. The number of ether oxygens (including phenoxy) is 1. The Bertz CT molecular complexity index is 822. The molecule has 2 aromatic rings. The normalized spacial score (nSPS) is 21.4. The number of likely N-dealkylation sites (tertiary alicyclic amines) is 1. The lowest BCUT2D eigenvalue weighted by Gasteiger charge is -2.42. The second-order valence-electron chi connectivity index (χ2n) is 8.05. The van der Waals surface area contributed by atoms with Crippen LogP contribution in [0.4, 0.5) is 5.82 Å². The average molecular weight is 398 g/mol. The van der Waals surface area contributed by atoms with E-state index >= 15 is 0 Å². The van der Waals surface area contributed by atoms with Crippen LogP contribution in [0.15, 0.2) is 30.5 Å². The van der Waals surface area contributed by atoms with Crippen molar-refractivity contribution < 1.29 is 9.53 Å². The summed E-state index contributed by atoms with van der Waals surface area (Å²) in [6, 6.07) is 8.56. The standard InChI is InChI=1S/C22H31N5O2/c1-29-14-10-23-22(28)17-5-4-11-27(16-17)18-8-12-26(13-9-18)21-15-24-19-6-2-3-7-20(19)25-21/h2-3,6-7,15,17-18H,4-5,8-14,16H2,1H3,(H,23,28)/t17-/m1/s1.